The fraction of sp³-hybridized carbons (Fsp3) is 0.478. The number of rotatable bonds is 5. The molecule has 4 heteroatoms. The Morgan fingerprint density at radius 2 is 1.28 bits per heavy atom. The van der Waals surface area contributed by atoms with E-state index < -0.39 is 8.07 Å². The highest BCUT2D eigenvalue weighted by Gasteiger charge is 2.60. The topological polar surface area (TPSA) is 0 Å². The van der Waals surface area contributed by atoms with Crippen molar-refractivity contribution in [3.63, 3.8) is 0 Å². The highest BCUT2D eigenvalue weighted by molar-refractivity contribution is 8.09. The average Bonchev–Trinajstić information content (AvgIpc) is 3.90. The van der Waals surface area contributed by atoms with E-state index in [-0.39, 0.29) is 5.41 Å². The van der Waals surface area contributed by atoms with E-state index in [1.165, 1.54) is 69.0 Å². The van der Waals surface area contributed by atoms with E-state index in [1.807, 2.05) is 22.7 Å². The van der Waals surface area contributed by atoms with Gasteiger partial charge in [-0.2, -0.15) is 0 Å². The van der Waals surface area contributed by atoms with Crippen molar-refractivity contribution in [2.45, 2.75) is 107 Å². The summed E-state index contributed by atoms with van der Waals surface area (Å²) in [7, 11) is -1.70. The summed E-state index contributed by atoms with van der Waals surface area (Å²) in [5, 5.41) is 8.62. The maximum atomic E-state index is 2.88. The van der Waals surface area contributed by atoms with Gasteiger partial charge >= 0.3 is 0 Å². The van der Waals surface area contributed by atoms with Gasteiger partial charge in [0.2, 0.25) is 0 Å². The molecule has 0 bridgehead atoms. The number of thioether (sulfide) groups is 1. The smallest absolute Gasteiger partial charge is 0.0555 e. The zero-order valence-corrected chi connectivity index (χ0v) is 34.5. The third-order valence-corrected chi connectivity index (χ3v) is 23.2. The van der Waals surface area contributed by atoms with Crippen LogP contribution in [0.4, 0.5) is 0 Å². The van der Waals surface area contributed by atoms with E-state index in [0.29, 0.717) is 11.2 Å². The van der Waals surface area contributed by atoms with E-state index in [0.717, 1.165) is 40.7 Å². The molecule has 3 aromatic carbocycles. The lowest BCUT2D eigenvalue weighted by atomic mass is 9.70. The number of hydrogen-bond acceptors (Lipinski definition) is 3. The molecule has 4 aliphatic rings. The van der Waals surface area contributed by atoms with Gasteiger partial charge in [-0.3, -0.25) is 0 Å². The molecule has 0 spiro atoms. The Balaban J connectivity index is 1.07. The lowest BCUT2D eigenvalue weighted by molar-refractivity contribution is 0.235. The summed E-state index contributed by atoms with van der Waals surface area (Å²) in [4.78, 5) is 1.61. The third kappa shape index (κ3) is 5.32. The van der Waals surface area contributed by atoms with Gasteiger partial charge in [-0.25, -0.2) is 0 Å². The van der Waals surface area contributed by atoms with Crippen molar-refractivity contribution in [1.29, 1.82) is 0 Å². The highest BCUT2D eigenvalue weighted by atomic mass is 32.2. The highest BCUT2D eigenvalue weighted by Crippen LogP contribution is 2.70. The summed E-state index contributed by atoms with van der Waals surface area (Å²) in [5.41, 5.74) is 9.81. The Labute approximate surface area is 314 Å². The molecule has 0 N–H and O–H groups in total. The molecule has 0 saturated heterocycles. The molecule has 50 heavy (non-hydrogen) atoms. The molecule has 1 aliphatic heterocycles. The third-order valence-electron chi connectivity index (χ3n) is 14.1. The maximum absolute atomic E-state index is 2.88. The van der Waals surface area contributed by atoms with Gasteiger partial charge in [-0.15, -0.1) is 34.4 Å². The number of allylic oxidation sites excluding steroid dienone is 1. The van der Waals surface area contributed by atoms with Gasteiger partial charge in [-0.1, -0.05) is 121 Å². The van der Waals surface area contributed by atoms with Crippen LogP contribution in [0.25, 0.3) is 30.7 Å². The van der Waals surface area contributed by atoms with Crippen LogP contribution in [-0.4, -0.2) is 13.3 Å². The summed E-state index contributed by atoms with van der Waals surface area (Å²) >= 11 is 6.20. The van der Waals surface area contributed by atoms with Gasteiger partial charge in [0.25, 0.3) is 0 Å². The first-order valence-electron chi connectivity index (χ1n) is 19.5. The van der Waals surface area contributed by atoms with Gasteiger partial charge in [0.1, 0.15) is 0 Å². The first kappa shape index (κ1) is 33.7. The molecule has 3 heterocycles. The zero-order chi connectivity index (χ0) is 34.5. The average molecular weight is 731 g/mol. The van der Waals surface area contributed by atoms with Crippen LogP contribution in [0.3, 0.4) is 0 Å². The SMILES string of the molecule is CC1CC2C(c3ccc(C(C)(C)C)cc3)CCCC2C1[Si](C)(C)C1C(C)CC2C(c3csc4ccccc34)=C(c3csc4ccccc34)SC21. The van der Waals surface area contributed by atoms with Gasteiger partial charge in [0.15, 0.2) is 0 Å². The van der Waals surface area contributed by atoms with Crippen molar-refractivity contribution in [3.05, 3.63) is 106 Å². The Bertz CT molecular complexity index is 2070. The van der Waals surface area contributed by atoms with Crippen molar-refractivity contribution >= 4 is 73.2 Å². The standard InChI is InChI=1S/C46H54S3Si/c1-27-23-35-31(29-19-21-30(22-20-29)46(3,4)5)15-12-16-34(35)44(27)50(6,7)45-28(2)24-36-41(37-25-47-39-17-10-8-13-32(37)39)42(49-43(36)45)38-26-48-40-18-11-9-14-33(38)40/h8-11,13-14,17-22,25-28,31,34-36,43-45H,12,15-16,23-24H2,1-7H3. The van der Waals surface area contributed by atoms with E-state index in [9.17, 15) is 0 Å². The van der Waals surface area contributed by atoms with Crippen LogP contribution < -0.4 is 0 Å². The fourth-order valence-electron chi connectivity index (χ4n) is 12.3. The van der Waals surface area contributed by atoms with Crippen molar-refractivity contribution in [1.82, 2.24) is 0 Å². The summed E-state index contributed by atoms with van der Waals surface area (Å²) in [6, 6.07) is 28.3. The van der Waals surface area contributed by atoms with Crippen LogP contribution in [0, 0.1) is 29.6 Å². The molecule has 0 amide bonds. The maximum Gasteiger partial charge on any atom is 0.0555 e. The Hall–Kier alpha value is -2.11. The lowest BCUT2D eigenvalue weighted by Crippen LogP contribution is -2.47. The molecule has 0 radical (unpaired) electrons. The van der Waals surface area contributed by atoms with Gasteiger partial charge in [-0.05, 0) is 116 Å². The minimum atomic E-state index is -1.70. The normalized spacial score (nSPS) is 31.5. The van der Waals surface area contributed by atoms with Crippen LogP contribution in [0.5, 0.6) is 0 Å². The quantitative estimate of drug-likeness (QED) is 0.162. The molecular formula is C46H54S3Si. The Morgan fingerprint density at radius 3 is 1.96 bits per heavy atom. The van der Waals surface area contributed by atoms with Crippen molar-refractivity contribution < 1.29 is 0 Å². The minimum absolute atomic E-state index is 0.214. The zero-order valence-electron chi connectivity index (χ0n) is 31.0. The molecule has 9 unspecified atom stereocenters. The molecule has 0 nitrogen and oxygen atoms in total. The van der Waals surface area contributed by atoms with Crippen molar-refractivity contribution in [3.8, 4) is 0 Å². The van der Waals surface area contributed by atoms with Gasteiger partial charge < -0.3 is 0 Å². The first-order chi connectivity index (χ1) is 24.0. The predicted molar refractivity (Wildman–Crippen MR) is 227 cm³/mol. The summed E-state index contributed by atoms with van der Waals surface area (Å²) in [6.07, 6.45) is 7.05. The molecular weight excluding hydrogens is 677 g/mol. The van der Waals surface area contributed by atoms with Crippen LogP contribution in [0.15, 0.2) is 83.6 Å². The molecule has 9 atom stereocenters. The number of thiophene rings is 2. The molecule has 9 rings (SSSR count). The van der Waals surface area contributed by atoms with Gasteiger partial charge in [0.05, 0.1) is 8.07 Å². The molecule has 3 aliphatic carbocycles. The monoisotopic (exact) mass is 730 g/mol. The van der Waals surface area contributed by atoms with Crippen LogP contribution >= 0.6 is 34.4 Å². The fourth-order valence-corrected chi connectivity index (χ4v) is 23.6. The van der Waals surface area contributed by atoms with Crippen molar-refractivity contribution in [2.24, 2.45) is 29.6 Å². The Morgan fingerprint density at radius 1 is 0.660 bits per heavy atom. The van der Waals surface area contributed by atoms with E-state index in [2.05, 4.69) is 143 Å². The summed E-state index contributed by atoms with van der Waals surface area (Å²) in [6.45, 7) is 18.1. The summed E-state index contributed by atoms with van der Waals surface area (Å²) < 4.78 is 2.86. The van der Waals surface area contributed by atoms with Crippen LogP contribution in [-0.2, 0) is 5.41 Å². The predicted octanol–water partition coefficient (Wildman–Crippen LogP) is 14.7. The largest absolute Gasteiger partial charge is 0.143 e. The number of benzene rings is 3. The van der Waals surface area contributed by atoms with E-state index in [1.54, 1.807) is 16.0 Å². The Kier molecular flexibility index (Phi) is 8.42. The second-order valence-corrected chi connectivity index (χ2v) is 26.2. The second-order valence-electron chi connectivity index (χ2n) is 18.3. The summed E-state index contributed by atoms with van der Waals surface area (Å²) in [5.74, 6) is 4.78. The minimum Gasteiger partial charge on any atom is -0.143 e. The van der Waals surface area contributed by atoms with Gasteiger partial charge in [0, 0.05) is 35.9 Å². The molecule has 260 valence electrons. The van der Waals surface area contributed by atoms with Crippen LogP contribution in [0.1, 0.15) is 94.9 Å². The molecule has 5 aromatic rings. The van der Waals surface area contributed by atoms with Crippen molar-refractivity contribution in [2.75, 3.05) is 0 Å². The molecule has 3 saturated carbocycles. The van der Waals surface area contributed by atoms with E-state index >= 15 is 0 Å². The molecule has 3 fully saturated rings. The first-order valence-corrected chi connectivity index (χ1v) is 25.3. The lowest BCUT2D eigenvalue weighted by Gasteiger charge is -2.47. The number of fused-ring (bicyclic) bond motifs is 4. The molecule has 2 aromatic heterocycles. The number of hydrogen-bond donors (Lipinski definition) is 0. The van der Waals surface area contributed by atoms with Crippen LogP contribution in [0.2, 0.25) is 24.2 Å². The van der Waals surface area contributed by atoms with E-state index in [4.69, 9.17) is 0 Å². The second kappa shape index (κ2) is 12.5.